The number of fused-ring (bicyclic) bond motifs is 1. The Balaban J connectivity index is 1.44. The molecule has 4 rings (SSSR count). The normalized spacial score (nSPS) is 21.0. The van der Waals surface area contributed by atoms with Crippen molar-refractivity contribution in [2.24, 2.45) is 5.92 Å². The van der Waals surface area contributed by atoms with Crippen LogP contribution in [-0.2, 0) is 20.9 Å². The first kappa shape index (κ1) is 19.6. The molecule has 0 bridgehead atoms. The Morgan fingerprint density at radius 1 is 1.28 bits per heavy atom. The fourth-order valence-corrected chi connectivity index (χ4v) is 5.83. The summed E-state index contributed by atoms with van der Waals surface area (Å²) in [5.74, 6) is -1.08. The second kappa shape index (κ2) is 8.37. The van der Waals surface area contributed by atoms with Gasteiger partial charge in [0.2, 0.25) is 5.91 Å². The van der Waals surface area contributed by atoms with Crippen molar-refractivity contribution in [3.05, 3.63) is 47.9 Å². The third kappa shape index (κ3) is 4.06. The Bertz CT molecular complexity index is 964. The number of tetrazole rings is 1. The fourth-order valence-electron chi connectivity index (χ4n) is 3.36. The zero-order valence-electron chi connectivity index (χ0n) is 15.2. The first-order chi connectivity index (χ1) is 14.0. The molecule has 1 fully saturated rings. The minimum atomic E-state index is -1.11. The predicted octanol–water partition coefficient (Wildman–Crippen LogP) is 1.29. The number of carboxylic acid groups (broad SMARTS) is 1. The fraction of sp³-hybridized carbons (Fsp3) is 0.333. The van der Waals surface area contributed by atoms with Crippen LogP contribution in [0.3, 0.4) is 0 Å². The van der Waals surface area contributed by atoms with E-state index >= 15 is 0 Å². The topological polar surface area (TPSA) is 118 Å². The molecule has 1 saturated heterocycles. The highest BCUT2D eigenvalue weighted by atomic mass is 32.2. The van der Waals surface area contributed by atoms with Gasteiger partial charge in [-0.05, 0) is 28.1 Å². The number of rotatable bonds is 8. The molecule has 11 heteroatoms. The van der Waals surface area contributed by atoms with Crippen molar-refractivity contribution in [1.82, 2.24) is 25.1 Å². The van der Waals surface area contributed by atoms with E-state index in [1.807, 2.05) is 30.3 Å². The molecule has 2 aliphatic rings. The molecule has 0 radical (unpaired) electrons. The van der Waals surface area contributed by atoms with E-state index in [2.05, 4.69) is 15.5 Å². The van der Waals surface area contributed by atoms with Crippen LogP contribution >= 0.6 is 23.5 Å². The molecular formula is C18H17N5O4S2. The lowest BCUT2D eigenvalue weighted by atomic mass is 9.90. The lowest BCUT2D eigenvalue weighted by Crippen LogP contribution is -2.62. The van der Waals surface area contributed by atoms with Crippen molar-refractivity contribution in [2.45, 2.75) is 23.2 Å². The Hall–Kier alpha value is -2.66. The summed E-state index contributed by atoms with van der Waals surface area (Å²) in [5.41, 5.74) is 0.783. The molecule has 1 N–H and O–H groups in total. The molecule has 1 amide bonds. The number of amides is 1. The lowest BCUT2D eigenvalue weighted by Gasteiger charge is -2.49. The standard InChI is InChI=1S/C18H17N5O4S2/c24-12(7-22-10-19-20-21-22)6-14-16(25)23-15(18(26)27)11(9-29-17(14)23)8-28-13-4-2-1-3-5-13/h1-5,10,14,17H,6-9H2,(H,26,27)/t14-,17?/m1/s1. The van der Waals surface area contributed by atoms with Crippen LogP contribution in [0.25, 0.3) is 0 Å². The van der Waals surface area contributed by atoms with Gasteiger partial charge in [-0.1, -0.05) is 18.2 Å². The molecule has 1 aromatic heterocycles. The van der Waals surface area contributed by atoms with E-state index in [9.17, 15) is 19.5 Å². The van der Waals surface area contributed by atoms with Crippen molar-refractivity contribution in [3.8, 4) is 0 Å². The van der Waals surface area contributed by atoms with Gasteiger partial charge >= 0.3 is 5.97 Å². The molecule has 29 heavy (non-hydrogen) atoms. The van der Waals surface area contributed by atoms with E-state index in [0.29, 0.717) is 11.5 Å². The van der Waals surface area contributed by atoms with Gasteiger partial charge in [-0.2, -0.15) is 0 Å². The predicted molar refractivity (Wildman–Crippen MR) is 106 cm³/mol. The third-order valence-electron chi connectivity index (χ3n) is 4.69. The number of aliphatic carboxylic acids is 1. The second-order valence-corrected chi connectivity index (χ2v) is 8.78. The van der Waals surface area contributed by atoms with Gasteiger partial charge in [0.1, 0.15) is 18.6 Å². The average Bonchev–Trinajstić information content (AvgIpc) is 3.23. The number of hydrogen-bond acceptors (Lipinski definition) is 8. The molecule has 3 heterocycles. The minimum Gasteiger partial charge on any atom is -0.477 e. The maximum Gasteiger partial charge on any atom is 0.352 e. The quantitative estimate of drug-likeness (QED) is 0.487. The molecule has 9 nitrogen and oxygen atoms in total. The number of nitrogens with zero attached hydrogens (tertiary/aromatic N) is 5. The van der Waals surface area contributed by atoms with Crippen molar-refractivity contribution in [2.75, 3.05) is 11.5 Å². The first-order valence-electron chi connectivity index (χ1n) is 8.85. The number of carboxylic acids is 1. The summed E-state index contributed by atoms with van der Waals surface area (Å²) >= 11 is 3.05. The second-order valence-electron chi connectivity index (χ2n) is 6.63. The summed E-state index contributed by atoms with van der Waals surface area (Å²) in [7, 11) is 0. The molecule has 0 spiro atoms. The van der Waals surface area contributed by atoms with Crippen LogP contribution in [0.1, 0.15) is 6.42 Å². The Labute approximate surface area is 174 Å². The molecule has 0 saturated carbocycles. The highest BCUT2D eigenvalue weighted by Gasteiger charge is 2.53. The smallest absolute Gasteiger partial charge is 0.352 e. The third-order valence-corrected chi connectivity index (χ3v) is 7.19. The number of thioether (sulfide) groups is 2. The van der Waals surface area contributed by atoms with Gasteiger partial charge in [0.25, 0.3) is 0 Å². The largest absolute Gasteiger partial charge is 0.477 e. The molecule has 2 aromatic rings. The SMILES string of the molecule is O=C(C[C@@H]1C(=O)N2C(C(=O)O)=C(CSc3ccccc3)CSC12)Cn1cnnn1. The molecule has 0 aliphatic carbocycles. The zero-order valence-corrected chi connectivity index (χ0v) is 16.8. The van der Waals surface area contributed by atoms with Crippen molar-refractivity contribution >= 4 is 41.2 Å². The van der Waals surface area contributed by atoms with Crippen LogP contribution in [0.2, 0.25) is 0 Å². The van der Waals surface area contributed by atoms with Gasteiger partial charge in [0, 0.05) is 22.8 Å². The molecule has 2 aliphatic heterocycles. The van der Waals surface area contributed by atoms with Crippen molar-refractivity contribution in [1.29, 1.82) is 0 Å². The number of carbonyl (C=O) groups excluding carboxylic acids is 2. The molecule has 1 unspecified atom stereocenters. The van der Waals surface area contributed by atoms with Gasteiger partial charge < -0.3 is 5.11 Å². The maximum atomic E-state index is 12.7. The van der Waals surface area contributed by atoms with Crippen molar-refractivity contribution < 1.29 is 19.5 Å². The van der Waals surface area contributed by atoms with E-state index in [4.69, 9.17) is 0 Å². The maximum absolute atomic E-state index is 12.7. The highest BCUT2D eigenvalue weighted by molar-refractivity contribution is 8.01. The van der Waals surface area contributed by atoms with E-state index in [0.717, 1.165) is 10.5 Å². The number of aromatic nitrogens is 4. The molecule has 1 aromatic carbocycles. The molecule has 2 atom stereocenters. The Morgan fingerprint density at radius 2 is 2.07 bits per heavy atom. The first-order valence-corrected chi connectivity index (χ1v) is 10.9. The summed E-state index contributed by atoms with van der Waals surface area (Å²) < 4.78 is 1.30. The number of hydrogen-bond donors (Lipinski definition) is 1. The number of β-lactam (4-membered cyclic amide) rings is 1. The van der Waals surface area contributed by atoms with Crippen LogP contribution in [0, 0.1) is 5.92 Å². The Kier molecular flexibility index (Phi) is 5.67. The number of benzene rings is 1. The summed E-state index contributed by atoms with van der Waals surface area (Å²) in [6.07, 6.45) is 1.39. The monoisotopic (exact) mass is 431 g/mol. The summed E-state index contributed by atoms with van der Waals surface area (Å²) in [4.78, 5) is 39.2. The van der Waals surface area contributed by atoms with Gasteiger partial charge in [-0.15, -0.1) is 28.6 Å². The van der Waals surface area contributed by atoms with E-state index in [1.165, 1.54) is 27.7 Å². The minimum absolute atomic E-state index is 0.00520. The van der Waals surface area contributed by atoms with E-state index < -0.39 is 11.9 Å². The summed E-state index contributed by atoms with van der Waals surface area (Å²) in [6.45, 7) is -0.00520. The summed E-state index contributed by atoms with van der Waals surface area (Å²) in [5, 5.41) is 20.0. The highest BCUT2D eigenvalue weighted by Crippen LogP contribution is 2.46. The number of ketones is 1. The van der Waals surface area contributed by atoms with Gasteiger partial charge in [0.05, 0.1) is 11.3 Å². The lowest BCUT2D eigenvalue weighted by molar-refractivity contribution is -0.154. The zero-order chi connectivity index (χ0) is 20.4. The van der Waals surface area contributed by atoms with E-state index in [1.54, 1.807) is 11.8 Å². The summed E-state index contributed by atoms with van der Waals surface area (Å²) in [6, 6.07) is 9.70. The van der Waals surface area contributed by atoms with Crippen LogP contribution in [0.4, 0.5) is 0 Å². The molecule has 150 valence electrons. The van der Waals surface area contributed by atoms with Gasteiger partial charge in [0.15, 0.2) is 5.78 Å². The van der Waals surface area contributed by atoms with Crippen molar-refractivity contribution in [3.63, 3.8) is 0 Å². The Morgan fingerprint density at radius 3 is 2.76 bits per heavy atom. The van der Waals surface area contributed by atoms with Crippen LogP contribution in [0.15, 0.2) is 52.8 Å². The van der Waals surface area contributed by atoms with Gasteiger partial charge in [-0.25, -0.2) is 9.48 Å². The number of carbonyl (C=O) groups is 3. The molecular weight excluding hydrogens is 414 g/mol. The van der Waals surface area contributed by atoms with Crippen LogP contribution in [-0.4, -0.2) is 64.8 Å². The van der Waals surface area contributed by atoms with Crippen LogP contribution in [0.5, 0.6) is 0 Å². The average molecular weight is 431 g/mol. The van der Waals surface area contributed by atoms with Crippen LogP contribution < -0.4 is 0 Å². The van der Waals surface area contributed by atoms with E-state index in [-0.39, 0.29) is 35.7 Å². The van der Waals surface area contributed by atoms with Gasteiger partial charge in [-0.3, -0.25) is 14.5 Å². The number of Topliss-reactive ketones (excluding diaryl/α,β-unsaturated/α-hetero) is 1.